The second kappa shape index (κ2) is 7.61. The number of hydrogen-bond donors (Lipinski definition) is 1. The second-order valence-corrected chi connectivity index (χ2v) is 6.43. The van der Waals surface area contributed by atoms with Crippen molar-refractivity contribution < 1.29 is 4.74 Å². The maximum atomic E-state index is 12.3. The van der Waals surface area contributed by atoms with Gasteiger partial charge in [-0.15, -0.1) is 0 Å². The molecular formula is C19H24N4O2. The van der Waals surface area contributed by atoms with Gasteiger partial charge in [0.1, 0.15) is 0 Å². The monoisotopic (exact) mass is 340 g/mol. The predicted molar refractivity (Wildman–Crippen MR) is 98.7 cm³/mol. The Balaban J connectivity index is 1.99. The Bertz CT molecular complexity index is 801. The zero-order chi connectivity index (χ0) is 17.8. The molecule has 1 fully saturated rings. The molecule has 0 aliphatic carbocycles. The van der Waals surface area contributed by atoms with E-state index in [-0.39, 0.29) is 11.6 Å². The maximum Gasteiger partial charge on any atom is 0.255 e. The van der Waals surface area contributed by atoms with Gasteiger partial charge in [-0.05, 0) is 25.3 Å². The minimum atomic E-state index is -0.143. The summed E-state index contributed by atoms with van der Waals surface area (Å²) >= 11 is 0. The Morgan fingerprint density at radius 1 is 1.36 bits per heavy atom. The van der Waals surface area contributed by atoms with Gasteiger partial charge in [0.05, 0.1) is 24.1 Å². The Morgan fingerprint density at radius 2 is 2.12 bits per heavy atom. The number of aromatic nitrogens is 2. The van der Waals surface area contributed by atoms with E-state index < -0.39 is 0 Å². The van der Waals surface area contributed by atoms with Gasteiger partial charge in [0, 0.05) is 26.3 Å². The highest BCUT2D eigenvalue weighted by Gasteiger charge is 2.25. The number of anilines is 1. The van der Waals surface area contributed by atoms with E-state index in [0.29, 0.717) is 30.6 Å². The molecule has 0 radical (unpaired) electrons. The summed E-state index contributed by atoms with van der Waals surface area (Å²) in [7, 11) is 1.74. The first-order chi connectivity index (χ1) is 12.1. The van der Waals surface area contributed by atoms with Crippen molar-refractivity contribution in [3.63, 3.8) is 0 Å². The number of nitrogens with one attached hydrogen (secondary N) is 1. The standard InChI is InChI=1S/C19H24N4O2/c1-14(20)17-12-18(24)22(2)19(21-17)23-9-6-10-25-13-16(23)11-15-7-4-3-5-8-15/h3-5,7-8,12,16,20H,6,9-11,13H2,1-2H3. The molecule has 1 aromatic heterocycles. The lowest BCUT2D eigenvalue weighted by Gasteiger charge is -2.31. The van der Waals surface area contributed by atoms with Crippen LogP contribution in [0.3, 0.4) is 0 Å². The summed E-state index contributed by atoms with van der Waals surface area (Å²) < 4.78 is 7.34. The van der Waals surface area contributed by atoms with Gasteiger partial charge in [-0.3, -0.25) is 9.36 Å². The fourth-order valence-corrected chi connectivity index (χ4v) is 3.12. The van der Waals surface area contributed by atoms with E-state index in [0.717, 1.165) is 19.4 Å². The minimum absolute atomic E-state index is 0.101. The van der Waals surface area contributed by atoms with Crippen LogP contribution in [0.5, 0.6) is 0 Å². The van der Waals surface area contributed by atoms with Crippen LogP contribution in [-0.4, -0.2) is 41.1 Å². The molecule has 1 unspecified atom stereocenters. The van der Waals surface area contributed by atoms with E-state index in [4.69, 9.17) is 10.1 Å². The number of nitrogens with zero attached hydrogens (tertiary/aromatic N) is 3. The molecule has 25 heavy (non-hydrogen) atoms. The highest BCUT2D eigenvalue weighted by molar-refractivity contribution is 5.94. The van der Waals surface area contributed by atoms with Crippen molar-refractivity contribution in [3.05, 3.63) is 58.0 Å². The zero-order valence-corrected chi connectivity index (χ0v) is 14.7. The fraction of sp³-hybridized carbons (Fsp3) is 0.421. The number of benzene rings is 1. The predicted octanol–water partition coefficient (Wildman–Crippen LogP) is 2.01. The maximum absolute atomic E-state index is 12.3. The van der Waals surface area contributed by atoms with Crippen molar-refractivity contribution >= 4 is 11.7 Å². The average molecular weight is 340 g/mol. The van der Waals surface area contributed by atoms with Gasteiger partial charge in [0.2, 0.25) is 5.95 Å². The average Bonchev–Trinajstić information content (AvgIpc) is 2.83. The van der Waals surface area contributed by atoms with Crippen LogP contribution in [0.4, 0.5) is 5.95 Å². The number of rotatable bonds is 4. The molecule has 3 rings (SSSR count). The molecule has 1 atom stereocenters. The Kier molecular flexibility index (Phi) is 5.28. The van der Waals surface area contributed by atoms with Crippen LogP contribution in [0.1, 0.15) is 24.6 Å². The molecule has 1 aliphatic rings. The number of hydrogen-bond acceptors (Lipinski definition) is 5. The minimum Gasteiger partial charge on any atom is -0.379 e. The molecule has 1 aliphatic heterocycles. The Hall–Kier alpha value is -2.47. The number of ether oxygens (including phenoxy) is 1. The van der Waals surface area contributed by atoms with Gasteiger partial charge in [-0.1, -0.05) is 30.3 Å². The van der Waals surface area contributed by atoms with Gasteiger partial charge < -0.3 is 15.0 Å². The normalized spacial score (nSPS) is 18.0. The molecule has 1 N–H and O–H groups in total. The van der Waals surface area contributed by atoms with Gasteiger partial charge in [0.15, 0.2) is 0 Å². The van der Waals surface area contributed by atoms with Gasteiger partial charge in [-0.2, -0.15) is 0 Å². The molecule has 132 valence electrons. The van der Waals surface area contributed by atoms with Crippen LogP contribution in [0, 0.1) is 5.41 Å². The Labute approximate surface area is 147 Å². The van der Waals surface area contributed by atoms with E-state index in [2.05, 4.69) is 22.0 Å². The van der Waals surface area contributed by atoms with E-state index >= 15 is 0 Å². The first-order valence-electron chi connectivity index (χ1n) is 8.58. The summed E-state index contributed by atoms with van der Waals surface area (Å²) in [6.07, 6.45) is 1.71. The van der Waals surface area contributed by atoms with Crippen LogP contribution in [0.25, 0.3) is 0 Å². The van der Waals surface area contributed by atoms with Crippen LogP contribution in [0.15, 0.2) is 41.2 Å². The van der Waals surface area contributed by atoms with Crippen molar-refractivity contribution in [3.8, 4) is 0 Å². The summed E-state index contributed by atoms with van der Waals surface area (Å²) in [5, 5.41) is 7.83. The van der Waals surface area contributed by atoms with E-state index in [1.807, 2.05) is 18.2 Å². The third kappa shape index (κ3) is 3.96. The molecule has 1 saturated heterocycles. The first-order valence-corrected chi connectivity index (χ1v) is 8.58. The lowest BCUT2D eigenvalue weighted by Crippen LogP contribution is -2.43. The van der Waals surface area contributed by atoms with Crippen LogP contribution in [-0.2, 0) is 18.2 Å². The third-order valence-electron chi connectivity index (χ3n) is 4.51. The first kappa shape index (κ1) is 17.4. The summed E-state index contributed by atoms with van der Waals surface area (Å²) in [5.41, 5.74) is 1.81. The van der Waals surface area contributed by atoms with Gasteiger partial charge >= 0.3 is 0 Å². The molecule has 1 aromatic carbocycles. The third-order valence-corrected chi connectivity index (χ3v) is 4.51. The zero-order valence-electron chi connectivity index (χ0n) is 14.7. The van der Waals surface area contributed by atoms with Gasteiger partial charge in [-0.25, -0.2) is 4.98 Å². The molecule has 6 nitrogen and oxygen atoms in total. The summed E-state index contributed by atoms with van der Waals surface area (Å²) in [4.78, 5) is 19.1. The second-order valence-electron chi connectivity index (χ2n) is 6.43. The van der Waals surface area contributed by atoms with Crippen LogP contribution in [0.2, 0.25) is 0 Å². The van der Waals surface area contributed by atoms with Crippen molar-refractivity contribution in [1.29, 1.82) is 5.41 Å². The van der Waals surface area contributed by atoms with Crippen LogP contribution < -0.4 is 10.5 Å². The summed E-state index contributed by atoms with van der Waals surface area (Å²) in [5.74, 6) is 0.612. The van der Waals surface area contributed by atoms with Crippen molar-refractivity contribution in [1.82, 2.24) is 9.55 Å². The van der Waals surface area contributed by atoms with E-state index in [1.165, 1.54) is 11.6 Å². The SMILES string of the molecule is CC(=N)c1cc(=O)n(C)c(N2CCCOCC2Cc2ccccc2)n1. The topological polar surface area (TPSA) is 71.2 Å². The largest absolute Gasteiger partial charge is 0.379 e. The highest BCUT2D eigenvalue weighted by Crippen LogP contribution is 2.19. The summed E-state index contributed by atoms with van der Waals surface area (Å²) in [6, 6.07) is 11.8. The molecular weight excluding hydrogens is 316 g/mol. The molecule has 6 heteroatoms. The summed E-state index contributed by atoms with van der Waals surface area (Å²) in [6.45, 7) is 3.73. The van der Waals surface area contributed by atoms with Crippen molar-refractivity contribution in [2.75, 3.05) is 24.7 Å². The van der Waals surface area contributed by atoms with Crippen molar-refractivity contribution in [2.24, 2.45) is 7.05 Å². The highest BCUT2D eigenvalue weighted by atomic mass is 16.5. The quantitative estimate of drug-likeness (QED) is 0.864. The Morgan fingerprint density at radius 3 is 2.84 bits per heavy atom. The molecule has 0 saturated carbocycles. The molecule has 0 bridgehead atoms. The molecule has 2 aromatic rings. The lowest BCUT2D eigenvalue weighted by molar-refractivity contribution is 0.134. The van der Waals surface area contributed by atoms with Crippen molar-refractivity contribution in [2.45, 2.75) is 25.8 Å². The lowest BCUT2D eigenvalue weighted by atomic mass is 10.1. The smallest absolute Gasteiger partial charge is 0.255 e. The molecule has 0 amide bonds. The van der Waals surface area contributed by atoms with E-state index in [1.54, 1.807) is 18.5 Å². The molecule has 0 spiro atoms. The van der Waals surface area contributed by atoms with Gasteiger partial charge in [0.25, 0.3) is 5.56 Å². The van der Waals surface area contributed by atoms with Crippen LogP contribution >= 0.6 is 0 Å². The van der Waals surface area contributed by atoms with E-state index in [9.17, 15) is 4.79 Å². The fourth-order valence-electron chi connectivity index (χ4n) is 3.12. The molecule has 2 heterocycles.